The predicted octanol–water partition coefficient (Wildman–Crippen LogP) is 5.25. The molecule has 1 aromatic carbocycles. The molecule has 0 radical (unpaired) electrons. The molecule has 0 atom stereocenters. The zero-order valence-corrected chi connectivity index (χ0v) is 17.0. The van der Waals surface area contributed by atoms with Gasteiger partial charge in [-0.2, -0.15) is 0 Å². The van der Waals surface area contributed by atoms with Crippen LogP contribution in [0.15, 0.2) is 30.5 Å². The van der Waals surface area contributed by atoms with Gasteiger partial charge in [0.25, 0.3) is 6.47 Å². The summed E-state index contributed by atoms with van der Waals surface area (Å²) in [6, 6.07) is 8.15. The number of carboxylic acid groups (broad SMARTS) is 1. The lowest BCUT2D eigenvalue weighted by Crippen LogP contribution is -2.27. The van der Waals surface area contributed by atoms with Gasteiger partial charge in [-0.1, -0.05) is 18.0 Å². The third-order valence-corrected chi connectivity index (χ3v) is 5.70. The highest BCUT2D eigenvalue weighted by molar-refractivity contribution is 6.30. The van der Waals surface area contributed by atoms with Gasteiger partial charge in [-0.3, -0.25) is 4.79 Å². The summed E-state index contributed by atoms with van der Waals surface area (Å²) in [4.78, 5) is 13.0. The Balaban J connectivity index is 0.000000706. The number of carbonyl (C=O) groups is 1. The van der Waals surface area contributed by atoms with Crippen LogP contribution in [0.25, 0.3) is 0 Å². The highest BCUT2D eigenvalue weighted by Gasteiger charge is 2.27. The third-order valence-electron chi connectivity index (χ3n) is 5.46. The minimum absolute atomic E-state index is 0.250. The Morgan fingerprint density at radius 3 is 2.61 bits per heavy atom. The van der Waals surface area contributed by atoms with Crippen molar-refractivity contribution in [1.29, 1.82) is 0 Å². The average Bonchev–Trinajstić information content (AvgIpc) is 3.46. The first-order chi connectivity index (χ1) is 13.6. The molecule has 2 aliphatic carbocycles. The van der Waals surface area contributed by atoms with Crippen LogP contribution in [0.3, 0.4) is 0 Å². The van der Waals surface area contributed by atoms with Gasteiger partial charge in [-0.15, -0.1) is 0 Å². The van der Waals surface area contributed by atoms with Crippen LogP contribution in [0.4, 0.5) is 11.5 Å². The molecule has 6 heteroatoms. The van der Waals surface area contributed by atoms with E-state index in [1.54, 1.807) is 0 Å². The van der Waals surface area contributed by atoms with Gasteiger partial charge >= 0.3 is 0 Å². The monoisotopic (exact) mass is 401 g/mol. The highest BCUT2D eigenvalue weighted by atomic mass is 35.5. The molecule has 1 aromatic heterocycles. The molecule has 0 saturated heterocycles. The number of benzene rings is 1. The first-order valence-corrected chi connectivity index (χ1v) is 10.3. The number of rotatable bonds is 7. The summed E-state index contributed by atoms with van der Waals surface area (Å²) in [6.07, 6.45) is 8.85. The van der Waals surface area contributed by atoms with Crippen LogP contribution in [-0.2, 0) is 11.3 Å². The molecule has 0 unspecified atom stereocenters. The molecule has 4 rings (SSSR count). The van der Waals surface area contributed by atoms with Crippen LogP contribution in [0, 0.1) is 12.8 Å². The summed E-state index contributed by atoms with van der Waals surface area (Å²) in [5, 5.41) is 14.7. The Labute approximate surface area is 171 Å². The zero-order chi connectivity index (χ0) is 19.9. The number of nitrogens with one attached hydrogen (secondary N) is 2. The number of hydrogen-bond donors (Lipinski definition) is 3. The van der Waals surface area contributed by atoms with Gasteiger partial charge in [-0.25, -0.2) is 4.98 Å². The van der Waals surface area contributed by atoms with Crippen molar-refractivity contribution in [3.8, 4) is 0 Å². The SMILES string of the molecule is Cc1cc(Cl)ccc1Nc1cc(C2CC2)c(CNCC2CCC2)cn1.O=CO. The van der Waals surface area contributed by atoms with Crippen molar-refractivity contribution < 1.29 is 9.90 Å². The molecule has 0 bridgehead atoms. The molecule has 2 saturated carbocycles. The molecule has 28 heavy (non-hydrogen) atoms. The predicted molar refractivity (Wildman–Crippen MR) is 113 cm³/mol. The number of aromatic nitrogens is 1. The van der Waals surface area contributed by atoms with E-state index in [0.717, 1.165) is 47.0 Å². The van der Waals surface area contributed by atoms with E-state index in [9.17, 15) is 0 Å². The van der Waals surface area contributed by atoms with Crippen molar-refractivity contribution >= 4 is 29.6 Å². The van der Waals surface area contributed by atoms with Crippen LogP contribution in [0.2, 0.25) is 5.02 Å². The molecule has 5 nitrogen and oxygen atoms in total. The van der Waals surface area contributed by atoms with Gasteiger partial charge in [-0.05, 0) is 91.9 Å². The summed E-state index contributed by atoms with van der Waals surface area (Å²) in [5.74, 6) is 2.54. The first kappa shape index (κ1) is 20.6. The van der Waals surface area contributed by atoms with Crippen molar-refractivity contribution in [2.24, 2.45) is 5.92 Å². The second kappa shape index (κ2) is 9.89. The van der Waals surface area contributed by atoms with Crippen LogP contribution >= 0.6 is 11.6 Å². The number of nitrogens with zero attached hydrogens (tertiary/aromatic N) is 1. The van der Waals surface area contributed by atoms with Crippen molar-refractivity contribution in [3.05, 3.63) is 52.2 Å². The quantitative estimate of drug-likeness (QED) is 0.552. The number of anilines is 2. The molecule has 2 aliphatic rings. The number of hydrogen-bond acceptors (Lipinski definition) is 4. The van der Waals surface area contributed by atoms with Crippen molar-refractivity contribution in [2.45, 2.75) is 51.5 Å². The summed E-state index contributed by atoms with van der Waals surface area (Å²) < 4.78 is 0. The second-order valence-corrected chi connectivity index (χ2v) is 8.10. The largest absolute Gasteiger partial charge is 0.483 e. The van der Waals surface area contributed by atoms with Gasteiger partial charge in [0.1, 0.15) is 5.82 Å². The summed E-state index contributed by atoms with van der Waals surface area (Å²) in [6.45, 7) is 3.90. The third kappa shape index (κ3) is 5.69. The molecule has 2 aromatic rings. The van der Waals surface area contributed by atoms with E-state index in [2.05, 4.69) is 34.8 Å². The maximum absolute atomic E-state index is 8.36. The average molecular weight is 402 g/mol. The van der Waals surface area contributed by atoms with E-state index in [1.807, 2.05) is 18.2 Å². The lowest BCUT2D eigenvalue weighted by atomic mass is 9.85. The van der Waals surface area contributed by atoms with Crippen LogP contribution < -0.4 is 10.6 Å². The van der Waals surface area contributed by atoms with Gasteiger partial charge < -0.3 is 15.7 Å². The van der Waals surface area contributed by atoms with Crippen LogP contribution in [-0.4, -0.2) is 23.1 Å². The number of halogens is 1. The Morgan fingerprint density at radius 2 is 2.00 bits per heavy atom. The van der Waals surface area contributed by atoms with E-state index in [0.29, 0.717) is 0 Å². The highest BCUT2D eigenvalue weighted by Crippen LogP contribution is 2.42. The Morgan fingerprint density at radius 1 is 1.25 bits per heavy atom. The fraction of sp³-hybridized carbons (Fsp3) is 0.455. The molecular formula is C22H28ClN3O2. The molecule has 2 fully saturated rings. The molecule has 0 amide bonds. The van der Waals surface area contributed by atoms with Crippen LogP contribution in [0.1, 0.15) is 54.7 Å². The maximum atomic E-state index is 8.36. The fourth-order valence-corrected chi connectivity index (χ4v) is 3.73. The zero-order valence-electron chi connectivity index (χ0n) is 16.2. The Kier molecular flexibility index (Phi) is 7.29. The molecule has 150 valence electrons. The maximum Gasteiger partial charge on any atom is 0.290 e. The smallest absolute Gasteiger partial charge is 0.290 e. The number of aryl methyl sites for hydroxylation is 1. The fourth-order valence-electron chi connectivity index (χ4n) is 3.50. The van der Waals surface area contributed by atoms with Gasteiger partial charge in [0, 0.05) is 23.5 Å². The summed E-state index contributed by atoms with van der Waals surface area (Å²) in [7, 11) is 0. The lowest BCUT2D eigenvalue weighted by Gasteiger charge is -2.25. The van der Waals surface area contributed by atoms with Crippen molar-refractivity contribution in [1.82, 2.24) is 10.3 Å². The number of pyridine rings is 1. The van der Waals surface area contributed by atoms with Crippen LogP contribution in [0.5, 0.6) is 0 Å². The van der Waals surface area contributed by atoms with Gasteiger partial charge in [0.2, 0.25) is 0 Å². The molecular weight excluding hydrogens is 374 g/mol. The van der Waals surface area contributed by atoms with E-state index < -0.39 is 0 Å². The minimum Gasteiger partial charge on any atom is -0.483 e. The first-order valence-electron chi connectivity index (χ1n) is 9.91. The normalized spacial score (nSPS) is 15.9. The van der Waals surface area contributed by atoms with E-state index in [-0.39, 0.29) is 6.47 Å². The molecule has 0 aliphatic heterocycles. The van der Waals surface area contributed by atoms with Crippen molar-refractivity contribution in [3.63, 3.8) is 0 Å². The molecule has 3 N–H and O–H groups in total. The lowest BCUT2D eigenvalue weighted by molar-refractivity contribution is -0.122. The van der Waals surface area contributed by atoms with E-state index >= 15 is 0 Å². The van der Waals surface area contributed by atoms with Crippen molar-refractivity contribution in [2.75, 3.05) is 11.9 Å². The van der Waals surface area contributed by atoms with Gasteiger partial charge in [0.05, 0.1) is 0 Å². The Bertz CT molecular complexity index is 804. The molecule has 1 heterocycles. The van der Waals surface area contributed by atoms with E-state index in [4.69, 9.17) is 21.5 Å². The standard InChI is InChI=1S/C21H26ClN3.CH2O2/c1-14-9-18(22)7-8-20(14)25-21-10-19(16-5-6-16)17(13-24-21)12-23-11-15-3-2-4-15;2-1-3/h7-10,13,15-16,23H,2-6,11-12H2,1H3,(H,24,25);1H,(H,2,3). The topological polar surface area (TPSA) is 74.2 Å². The summed E-state index contributed by atoms with van der Waals surface area (Å²) >= 11 is 6.05. The second-order valence-electron chi connectivity index (χ2n) is 7.66. The van der Waals surface area contributed by atoms with Gasteiger partial charge in [0.15, 0.2) is 0 Å². The Hall–Kier alpha value is -2.11. The summed E-state index contributed by atoms with van der Waals surface area (Å²) in [5.41, 5.74) is 5.02. The molecule has 0 spiro atoms. The van der Waals surface area contributed by atoms with E-state index in [1.165, 1.54) is 43.2 Å². The minimum atomic E-state index is -0.250.